The first kappa shape index (κ1) is 16.1. The first-order chi connectivity index (χ1) is 11.5. The Morgan fingerprint density at radius 3 is 2.62 bits per heavy atom. The number of aromatic nitrogens is 4. The van der Waals surface area contributed by atoms with Crippen LogP contribution in [-0.4, -0.2) is 32.9 Å². The minimum Gasteiger partial charge on any atom is -0.383 e. The molecular formula is C16H19FN6O. The minimum atomic E-state index is -0.294. The Morgan fingerprint density at radius 2 is 1.96 bits per heavy atom. The van der Waals surface area contributed by atoms with Crippen LogP contribution >= 0.6 is 0 Å². The van der Waals surface area contributed by atoms with E-state index in [0.717, 1.165) is 5.56 Å². The average Bonchev–Trinajstić information content (AvgIpc) is 2.92. The summed E-state index contributed by atoms with van der Waals surface area (Å²) in [6.45, 7) is 1.94. The van der Waals surface area contributed by atoms with E-state index in [1.54, 1.807) is 37.2 Å². The van der Waals surface area contributed by atoms with Gasteiger partial charge in [-0.1, -0.05) is 12.1 Å². The summed E-state index contributed by atoms with van der Waals surface area (Å²) in [4.78, 5) is 8.71. The average molecular weight is 330 g/mol. The van der Waals surface area contributed by atoms with Crippen molar-refractivity contribution in [2.75, 3.05) is 18.2 Å². The number of rotatable bonds is 5. The molecule has 0 amide bonds. The van der Waals surface area contributed by atoms with E-state index < -0.39 is 0 Å². The molecule has 0 saturated heterocycles. The number of ether oxygens (including phenoxy) is 1. The number of nitrogens with zero attached hydrogens (tertiary/aromatic N) is 4. The highest BCUT2D eigenvalue weighted by Gasteiger charge is 2.20. The van der Waals surface area contributed by atoms with Crippen LogP contribution in [0.1, 0.15) is 18.6 Å². The Morgan fingerprint density at radius 1 is 1.25 bits per heavy atom. The van der Waals surface area contributed by atoms with Crippen molar-refractivity contribution in [2.45, 2.75) is 19.1 Å². The highest BCUT2D eigenvalue weighted by atomic mass is 19.1. The van der Waals surface area contributed by atoms with E-state index in [9.17, 15) is 4.39 Å². The van der Waals surface area contributed by atoms with Crippen LogP contribution in [0.4, 0.5) is 16.2 Å². The molecule has 0 aliphatic carbocycles. The van der Waals surface area contributed by atoms with Crippen LogP contribution in [0, 0.1) is 5.82 Å². The van der Waals surface area contributed by atoms with Gasteiger partial charge in [0.1, 0.15) is 17.7 Å². The predicted octanol–water partition coefficient (Wildman–Crippen LogP) is 2.27. The van der Waals surface area contributed by atoms with Crippen molar-refractivity contribution in [1.29, 1.82) is 0 Å². The molecule has 0 aliphatic heterocycles. The van der Waals surface area contributed by atoms with Crippen molar-refractivity contribution in [3.8, 4) is 0 Å². The molecule has 0 unspecified atom stereocenters. The lowest BCUT2D eigenvalue weighted by atomic mass is 10.0. The van der Waals surface area contributed by atoms with Gasteiger partial charge in [-0.05, 0) is 24.6 Å². The second-order valence-corrected chi connectivity index (χ2v) is 5.58. The molecule has 0 aliphatic rings. The zero-order valence-corrected chi connectivity index (χ0v) is 13.7. The van der Waals surface area contributed by atoms with Gasteiger partial charge in [-0.15, -0.1) is 0 Å². The van der Waals surface area contributed by atoms with Crippen LogP contribution < -0.4 is 11.1 Å². The van der Waals surface area contributed by atoms with Crippen LogP contribution in [0.3, 0.4) is 0 Å². The van der Waals surface area contributed by atoms with E-state index in [2.05, 4.69) is 20.4 Å². The summed E-state index contributed by atoms with van der Waals surface area (Å²) >= 11 is 0. The molecule has 0 radical (unpaired) electrons. The Bertz CT molecular complexity index is 848. The molecule has 2 aromatic heterocycles. The molecule has 2 atom stereocenters. The van der Waals surface area contributed by atoms with Gasteiger partial charge in [0.25, 0.3) is 0 Å². The molecule has 24 heavy (non-hydrogen) atoms. The van der Waals surface area contributed by atoms with Gasteiger partial charge in [-0.25, -0.2) is 4.39 Å². The summed E-state index contributed by atoms with van der Waals surface area (Å²) in [7, 11) is 3.39. The first-order valence-corrected chi connectivity index (χ1v) is 7.49. The van der Waals surface area contributed by atoms with E-state index in [4.69, 9.17) is 10.5 Å². The van der Waals surface area contributed by atoms with Crippen molar-refractivity contribution in [1.82, 2.24) is 19.7 Å². The smallest absolute Gasteiger partial charge is 0.227 e. The Kier molecular flexibility index (Phi) is 4.30. The normalized spacial score (nSPS) is 13.8. The Labute approximate surface area is 138 Å². The number of hydrogen-bond donors (Lipinski definition) is 2. The van der Waals surface area contributed by atoms with Crippen LogP contribution in [0.15, 0.2) is 30.5 Å². The molecule has 7 nitrogen and oxygen atoms in total. The van der Waals surface area contributed by atoms with Gasteiger partial charge in [0.2, 0.25) is 5.95 Å². The van der Waals surface area contributed by atoms with E-state index in [0.29, 0.717) is 22.8 Å². The lowest BCUT2D eigenvalue weighted by Gasteiger charge is -2.24. The van der Waals surface area contributed by atoms with Crippen molar-refractivity contribution in [2.24, 2.45) is 7.05 Å². The van der Waals surface area contributed by atoms with E-state index in [-0.39, 0.29) is 18.0 Å². The number of nitrogens with one attached hydrogen (secondary N) is 1. The van der Waals surface area contributed by atoms with Gasteiger partial charge in [-0.2, -0.15) is 15.1 Å². The molecule has 0 saturated carbocycles. The number of nitrogens with two attached hydrogens (primary N) is 1. The number of halogens is 1. The second kappa shape index (κ2) is 6.40. The Balaban J connectivity index is 1.86. The molecule has 3 N–H and O–H groups in total. The van der Waals surface area contributed by atoms with Gasteiger partial charge in [-0.3, -0.25) is 4.68 Å². The van der Waals surface area contributed by atoms with Crippen LogP contribution in [0.5, 0.6) is 0 Å². The maximum absolute atomic E-state index is 13.1. The van der Waals surface area contributed by atoms with Gasteiger partial charge >= 0.3 is 0 Å². The molecule has 1 aromatic carbocycles. The predicted molar refractivity (Wildman–Crippen MR) is 90.0 cm³/mol. The number of aryl methyl sites for hydroxylation is 1. The van der Waals surface area contributed by atoms with Crippen LogP contribution in [-0.2, 0) is 11.8 Å². The van der Waals surface area contributed by atoms with Gasteiger partial charge in [0.05, 0.1) is 17.6 Å². The van der Waals surface area contributed by atoms with Gasteiger partial charge < -0.3 is 15.8 Å². The quantitative estimate of drug-likeness (QED) is 0.746. The summed E-state index contributed by atoms with van der Waals surface area (Å²) < 4.78 is 20.3. The van der Waals surface area contributed by atoms with Gasteiger partial charge in [0.15, 0.2) is 5.65 Å². The summed E-state index contributed by atoms with van der Waals surface area (Å²) in [5.74, 6) is 0.464. The maximum Gasteiger partial charge on any atom is 0.227 e. The molecule has 0 spiro atoms. The SMILES string of the molecule is CO[C@H](c1ccc(F)cc1)[C@@H](C)Nc1nc(N)c2cnn(C)c2n1. The van der Waals surface area contributed by atoms with Crippen LogP contribution in [0.25, 0.3) is 11.0 Å². The summed E-state index contributed by atoms with van der Waals surface area (Å²) in [6, 6.07) is 6.04. The lowest BCUT2D eigenvalue weighted by molar-refractivity contribution is 0.0905. The molecular weight excluding hydrogens is 311 g/mol. The second-order valence-electron chi connectivity index (χ2n) is 5.58. The fraction of sp³-hybridized carbons (Fsp3) is 0.312. The summed E-state index contributed by atoms with van der Waals surface area (Å²) in [5.41, 5.74) is 7.47. The number of anilines is 2. The van der Waals surface area contributed by atoms with Crippen molar-refractivity contribution >= 4 is 22.8 Å². The molecule has 8 heteroatoms. The Hall–Kier alpha value is -2.74. The molecule has 0 bridgehead atoms. The zero-order valence-electron chi connectivity index (χ0n) is 13.7. The highest BCUT2D eigenvalue weighted by molar-refractivity contribution is 5.86. The fourth-order valence-electron chi connectivity index (χ4n) is 2.67. The molecule has 126 valence electrons. The van der Waals surface area contributed by atoms with Crippen molar-refractivity contribution in [3.05, 3.63) is 41.8 Å². The number of benzene rings is 1. The third kappa shape index (κ3) is 3.00. The lowest BCUT2D eigenvalue weighted by Crippen LogP contribution is -2.27. The third-order valence-electron chi connectivity index (χ3n) is 3.88. The molecule has 2 heterocycles. The maximum atomic E-state index is 13.1. The van der Waals surface area contributed by atoms with E-state index in [1.165, 1.54) is 12.1 Å². The fourth-order valence-corrected chi connectivity index (χ4v) is 2.67. The monoisotopic (exact) mass is 330 g/mol. The summed E-state index contributed by atoms with van der Waals surface area (Å²) in [6.07, 6.45) is 1.34. The third-order valence-corrected chi connectivity index (χ3v) is 3.88. The largest absolute Gasteiger partial charge is 0.383 e. The molecule has 0 fully saturated rings. The minimum absolute atomic E-state index is 0.162. The highest BCUT2D eigenvalue weighted by Crippen LogP contribution is 2.24. The van der Waals surface area contributed by atoms with Crippen molar-refractivity contribution in [3.63, 3.8) is 0 Å². The first-order valence-electron chi connectivity index (χ1n) is 7.49. The molecule has 3 aromatic rings. The molecule has 3 rings (SSSR count). The topological polar surface area (TPSA) is 90.9 Å². The number of fused-ring (bicyclic) bond motifs is 1. The number of methoxy groups -OCH3 is 1. The van der Waals surface area contributed by atoms with Crippen LogP contribution in [0.2, 0.25) is 0 Å². The van der Waals surface area contributed by atoms with Crippen molar-refractivity contribution < 1.29 is 9.13 Å². The standard InChI is InChI=1S/C16H19FN6O/c1-9(13(24-3)10-4-6-11(17)7-5-10)20-16-21-14(18)12-8-19-23(2)15(12)22-16/h4-9,13H,1-3H3,(H3,18,20,21,22)/t9-,13+/m1/s1. The van der Waals surface area contributed by atoms with E-state index in [1.807, 2.05) is 6.92 Å². The number of hydrogen-bond acceptors (Lipinski definition) is 6. The summed E-state index contributed by atoms with van der Waals surface area (Å²) in [5, 5.41) is 8.03. The zero-order chi connectivity index (χ0) is 17.3. The van der Waals surface area contributed by atoms with E-state index >= 15 is 0 Å². The van der Waals surface area contributed by atoms with Gasteiger partial charge in [0, 0.05) is 14.2 Å². The number of nitrogen functional groups attached to an aromatic ring is 1.